The lowest BCUT2D eigenvalue weighted by Crippen LogP contribution is -2.17. The maximum Gasteiger partial charge on any atom is 0.246 e. The Hall–Kier alpha value is -1.69. The van der Waals surface area contributed by atoms with Gasteiger partial charge in [0.25, 0.3) is 0 Å². The number of carbonyl (C=O) groups excluding carboxylic acids is 1. The van der Waals surface area contributed by atoms with Crippen LogP contribution in [0.1, 0.15) is 17.0 Å². The van der Waals surface area contributed by atoms with Crippen LogP contribution in [-0.2, 0) is 24.2 Å². The van der Waals surface area contributed by atoms with Crippen LogP contribution in [0.5, 0.6) is 0 Å². The van der Waals surface area contributed by atoms with Crippen LogP contribution in [0.2, 0.25) is 0 Å². The Morgan fingerprint density at radius 1 is 1.53 bits per heavy atom. The molecule has 17 heavy (non-hydrogen) atoms. The van der Waals surface area contributed by atoms with Gasteiger partial charge in [0, 0.05) is 17.3 Å². The summed E-state index contributed by atoms with van der Waals surface area (Å²) in [5, 5.41) is 3.55. The van der Waals surface area contributed by atoms with Gasteiger partial charge >= 0.3 is 0 Å². The molecule has 6 heteroatoms. The van der Waals surface area contributed by atoms with E-state index in [-0.39, 0.29) is 12.5 Å². The SMILES string of the molecule is O=C(Cn1ccnc1)Nc1nc2c(s1)CCC2. The number of nitrogens with one attached hydrogen (secondary N) is 1. The molecule has 0 saturated carbocycles. The van der Waals surface area contributed by atoms with E-state index >= 15 is 0 Å². The molecule has 2 aromatic heterocycles. The van der Waals surface area contributed by atoms with Crippen LogP contribution in [-0.4, -0.2) is 20.4 Å². The predicted molar refractivity (Wildman–Crippen MR) is 65.0 cm³/mol. The molecule has 0 aliphatic heterocycles. The minimum Gasteiger partial charge on any atom is -0.328 e. The zero-order chi connectivity index (χ0) is 11.7. The first-order chi connectivity index (χ1) is 8.31. The van der Waals surface area contributed by atoms with E-state index in [1.54, 1.807) is 34.6 Å². The molecule has 0 bridgehead atoms. The summed E-state index contributed by atoms with van der Waals surface area (Å²) in [7, 11) is 0. The van der Waals surface area contributed by atoms with Crippen LogP contribution >= 0.6 is 11.3 Å². The van der Waals surface area contributed by atoms with Crippen molar-refractivity contribution in [1.82, 2.24) is 14.5 Å². The molecule has 0 spiro atoms. The molecule has 0 unspecified atom stereocenters. The highest BCUT2D eigenvalue weighted by atomic mass is 32.1. The molecule has 0 aromatic carbocycles. The zero-order valence-corrected chi connectivity index (χ0v) is 10.0. The number of fused-ring (bicyclic) bond motifs is 1. The molecule has 1 N–H and O–H groups in total. The maximum atomic E-state index is 11.7. The number of carbonyl (C=O) groups is 1. The minimum atomic E-state index is -0.0598. The summed E-state index contributed by atoms with van der Waals surface area (Å²) in [6, 6.07) is 0. The summed E-state index contributed by atoms with van der Waals surface area (Å²) in [6.45, 7) is 0.282. The van der Waals surface area contributed by atoms with E-state index in [9.17, 15) is 4.79 Å². The Kier molecular flexibility index (Phi) is 2.64. The van der Waals surface area contributed by atoms with Gasteiger partial charge in [0.15, 0.2) is 5.13 Å². The summed E-state index contributed by atoms with van der Waals surface area (Å²) >= 11 is 1.60. The second-order valence-corrected chi connectivity index (χ2v) is 5.11. The number of imidazole rings is 1. The number of anilines is 1. The third-order valence-corrected chi connectivity index (χ3v) is 3.80. The van der Waals surface area contributed by atoms with Crippen LogP contribution in [0.3, 0.4) is 0 Å². The van der Waals surface area contributed by atoms with E-state index in [1.165, 1.54) is 11.3 Å². The van der Waals surface area contributed by atoms with E-state index in [4.69, 9.17) is 0 Å². The lowest BCUT2D eigenvalue weighted by Gasteiger charge is -2.02. The monoisotopic (exact) mass is 248 g/mol. The Morgan fingerprint density at radius 2 is 2.47 bits per heavy atom. The summed E-state index contributed by atoms with van der Waals surface area (Å²) in [5.41, 5.74) is 1.16. The molecule has 1 amide bonds. The molecule has 5 nitrogen and oxygen atoms in total. The Labute approximate surface area is 103 Å². The molecule has 0 radical (unpaired) electrons. The van der Waals surface area contributed by atoms with Gasteiger partial charge in [-0.1, -0.05) is 0 Å². The molecule has 1 aliphatic rings. The van der Waals surface area contributed by atoms with Gasteiger partial charge < -0.3 is 9.88 Å². The smallest absolute Gasteiger partial charge is 0.246 e. The molecule has 88 valence electrons. The number of nitrogens with zero attached hydrogens (tertiary/aromatic N) is 3. The highest BCUT2D eigenvalue weighted by Crippen LogP contribution is 2.30. The lowest BCUT2D eigenvalue weighted by atomic mass is 10.4. The largest absolute Gasteiger partial charge is 0.328 e. The molecule has 2 heterocycles. The fourth-order valence-corrected chi connectivity index (χ4v) is 3.01. The van der Waals surface area contributed by atoms with Gasteiger partial charge in [-0.15, -0.1) is 11.3 Å². The normalized spacial score (nSPS) is 13.6. The number of aromatic nitrogens is 3. The average Bonchev–Trinajstić information content (AvgIpc) is 2.92. The number of hydrogen-bond acceptors (Lipinski definition) is 4. The van der Waals surface area contributed by atoms with Gasteiger partial charge in [-0.25, -0.2) is 9.97 Å². The maximum absolute atomic E-state index is 11.7. The van der Waals surface area contributed by atoms with Crippen molar-refractivity contribution in [3.8, 4) is 0 Å². The average molecular weight is 248 g/mol. The molecule has 1 aliphatic carbocycles. The van der Waals surface area contributed by atoms with Gasteiger partial charge in [0.05, 0.1) is 12.0 Å². The lowest BCUT2D eigenvalue weighted by molar-refractivity contribution is -0.116. The van der Waals surface area contributed by atoms with Gasteiger partial charge in [-0.3, -0.25) is 4.79 Å². The van der Waals surface area contributed by atoms with Crippen molar-refractivity contribution < 1.29 is 4.79 Å². The van der Waals surface area contributed by atoms with Crippen molar-refractivity contribution in [1.29, 1.82) is 0 Å². The number of rotatable bonds is 3. The summed E-state index contributed by atoms with van der Waals surface area (Å²) in [5.74, 6) is -0.0598. The third-order valence-electron chi connectivity index (χ3n) is 2.73. The molecular weight excluding hydrogens is 236 g/mol. The fourth-order valence-electron chi connectivity index (χ4n) is 1.95. The zero-order valence-electron chi connectivity index (χ0n) is 9.22. The van der Waals surface area contributed by atoms with Crippen molar-refractivity contribution in [3.63, 3.8) is 0 Å². The number of aryl methyl sites for hydroxylation is 2. The van der Waals surface area contributed by atoms with Gasteiger partial charge in [-0.2, -0.15) is 0 Å². The Bertz CT molecular complexity index is 510. The van der Waals surface area contributed by atoms with Crippen LogP contribution in [0.25, 0.3) is 0 Å². The van der Waals surface area contributed by atoms with Crippen molar-refractivity contribution in [2.75, 3.05) is 5.32 Å². The van der Waals surface area contributed by atoms with E-state index < -0.39 is 0 Å². The van der Waals surface area contributed by atoms with E-state index in [0.717, 1.165) is 23.7 Å². The molecule has 0 saturated heterocycles. The molecule has 0 fully saturated rings. The summed E-state index contributed by atoms with van der Waals surface area (Å²) in [6.07, 6.45) is 8.39. The minimum absolute atomic E-state index is 0.0598. The summed E-state index contributed by atoms with van der Waals surface area (Å²) < 4.78 is 1.73. The van der Waals surface area contributed by atoms with E-state index in [1.807, 2.05) is 0 Å². The van der Waals surface area contributed by atoms with Gasteiger partial charge in [0.1, 0.15) is 6.54 Å². The first-order valence-corrected chi connectivity index (χ1v) is 6.37. The predicted octanol–water partition coefficient (Wildman–Crippen LogP) is 1.47. The molecule has 0 atom stereocenters. The highest BCUT2D eigenvalue weighted by molar-refractivity contribution is 7.15. The number of thiazole rings is 1. The van der Waals surface area contributed by atoms with Crippen LogP contribution < -0.4 is 5.32 Å². The van der Waals surface area contributed by atoms with Crippen molar-refractivity contribution >= 4 is 22.4 Å². The molecule has 3 rings (SSSR count). The quantitative estimate of drug-likeness (QED) is 0.894. The number of hydrogen-bond donors (Lipinski definition) is 1. The van der Waals surface area contributed by atoms with Crippen molar-refractivity contribution in [3.05, 3.63) is 29.3 Å². The highest BCUT2D eigenvalue weighted by Gasteiger charge is 2.17. The third kappa shape index (κ3) is 2.21. The van der Waals surface area contributed by atoms with Gasteiger partial charge in [-0.05, 0) is 19.3 Å². The van der Waals surface area contributed by atoms with Gasteiger partial charge in [0.2, 0.25) is 5.91 Å². The van der Waals surface area contributed by atoms with Crippen LogP contribution in [0, 0.1) is 0 Å². The van der Waals surface area contributed by atoms with Crippen LogP contribution in [0.4, 0.5) is 5.13 Å². The van der Waals surface area contributed by atoms with Crippen molar-refractivity contribution in [2.45, 2.75) is 25.8 Å². The first-order valence-electron chi connectivity index (χ1n) is 5.55. The standard InChI is InChI=1S/C11H12N4OS/c16-10(6-15-5-4-12-7-15)14-11-13-8-2-1-3-9(8)17-11/h4-5,7H,1-3,6H2,(H,13,14,16). The van der Waals surface area contributed by atoms with E-state index in [2.05, 4.69) is 15.3 Å². The second-order valence-electron chi connectivity index (χ2n) is 4.03. The second kappa shape index (κ2) is 4.29. The molecular formula is C11H12N4OS. The Balaban J connectivity index is 1.64. The Morgan fingerprint density at radius 3 is 3.24 bits per heavy atom. The first kappa shape index (κ1) is 10.5. The van der Waals surface area contributed by atoms with Crippen molar-refractivity contribution in [2.24, 2.45) is 0 Å². The van der Waals surface area contributed by atoms with Crippen LogP contribution in [0.15, 0.2) is 18.7 Å². The topological polar surface area (TPSA) is 59.8 Å². The summed E-state index contributed by atoms with van der Waals surface area (Å²) in [4.78, 5) is 21.4. The molecule has 2 aromatic rings. The van der Waals surface area contributed by atoms with E-state index in [0.29, 0.717) is 0 Å². The fraction of sp³-hybridized carbons (Fsp3) is 0.364. The number of amides is 1.